The second-order valence-electron chi connectivity index (χ2n) is 6.02. The molecule has 2 aromatic carbocycles. The third kappa shape index (κ3) is 4.71. The zero-order chi connectivity index (χ0) is 15.1. The second-order valence-corrected chi connectivity index (χ2v) is 6.02. The van der Waals surface area contributed by atoms with Gasteiger partial charge in [-0.2, -0.15) is 0 Å². The molecule has 0 spiro atoms. The van der Waals surface area contributed by atoms with Gasteiger partial charge >= 0.3 is 0 Å². The molecule has 2 aromatic rings. The summed E-state index contributed by atoms with van der Waals surface area (Å²) in [6.45, 7) is 8.71. The highest BCUT2D eigenvalue weighted by Crippen LogP contribution is 2.22. The van der Waals surface area contributed by atoms with Crippen LogP contribution in [0.3, 0.4) is 0 Å². The maximum absolute atomic E-state index is 3.50. The molecule has 0 amide bonds. The number of hydrogen-bond acceptors (Lipinski definition) is 1. The van der Waals surface area contributed by atoms with Gasteiger partial charge in [0.05, 0.1) is 0 Å². The molecular formula is C20H27N. The summed E-state index contributed by atoms with van der Waals surface area (Å²) in [6.07, 6.45) is 1.09. The highest BCUT2D eigenvalue weighted by molar-refractivity contribution is 5.28. The summed E-state index contributed by atoms with van der Waals surface area (Å²) in [5.41, 5.74) is 4.26. The lowest BCUT2D eigenvalue weighted by Crippen LogP contribution is -2.22. The van der Waals surface area contributed by atoms with Crippen molar-refractivity contribution in [1.82, 2.24) is 5.32 Å². The smallest absolute Gasteiger partial charge is 0.00232 e. The summed E-state index contributed by atoms with van der Waals surface area (Å²) in [4.78, 5) is 0. The lowest BCUT2D eigenvalue weighted by molar-refractivity contribution is 0.595. The van der Waals surface area contributed by atoms with Gasteiger partial charge in [-0.05, 0) is 35.6 Å². The maximum atomic E-state index is 3.50. The van der Waals surface area contributed by atoms with E-state index in [-0.39, 0.29) is 0 Å². The van der Waals surface area contributed by atoms with Crippen LogP contribution in [0.25, 0.3) is 0 Å². The van der Waals surface area contributed by atoms with E-state index in [1.165, 1.54) is 16.7 Å². The fraction of sp³-hybridized carbons (Fsp3) is 0.400. The molecule has 0 heterocycles. The highest BCUT2D eigenvalue weighted by atomic mass is 14.8. The van der Waals surface area contributed by atoms with E-state index in [4.69, 9.17) is 0 Å². The van der Waals surface area contributed by atoms with E-state index in [9.17, 15) is 0 Å². The summed E-state index contributed by atoms with van der Waals surface area (Å²) < 4.78 is 0. The number of likely N-dealkylation sites (N-methyl/N-ethyl adjacent to an activating group) is 1. The first-order valence-corrected chi connectivity index (χ1v) is 8.05. The Morgan fingerprint density at radius 2 is 1.52 bits per heavy atom. The van der Waals surface area contributed by atoms with E-state index < -0.39 is 0 Å². The van der Waals surface area contributed by atoms with Crippen LogP contribution in [0.1, 0.15) is 49.3 Å². The fourth-order valence-corrected chi connectivity index (χ4v) is 2.67. The Bertz CT molecular complexity index is 513. The number of benzene rings is 2. The van der Waals surface area contributed by atoms with Crippen LogP contribution in [-0.2, 0) is 6.42 Å². The zero-order valence-electron chi connectivity index (χ0n) is 13.5. The van der Waals surface area contributed by atoms with Gasteiger partial charge in [0.2, 0.25) is 0 Å². The average molecular weight is 281 g/mol. The van der Waals surface area contributed by atoms with Crippen molar-refractivity contribution in [3.63, 3.8) is 0 Å². The van der Waals surface area contributed by atoms with Gasteiger partial charge in [0.1, 0.15) is 0 Å². The predicted molar refractivity (Wildman–Crippen MR) is 92.0 cm³/mol. The van der Waals surface area contributed by atoms with Crippen LogP contribution in [0.2, 0.25) is 0 Å². The minimum atomic E-state index is 0.538. The van der Waals surface area contributed by atoms with E-state index in [1.54, 1.807) is 0 Å². The molecule has 0 aliphatic carbocycles. The van der Waals surface area contributed by atoms with E-state index in [0.717, 1.165) is 19.5 Å². The Morgan fingerprint density at radius 3 is 2.10 bits per heavy atom. The maximum Gasteiger partial charge on any atom is 0.00232 e. The van der Waals surface area contributed by atoms with Gasteiger partial charge in [0.15, 0.2) is 0 Å². The van der Waals surface area contributed by atoms with E-state index in [0.29, 0.717) is 11.8 Å². The normalized spacial score (nSPS) is 12.6. The van der Waals surface area contributed by atoms with Gasteiger partial charge in [0, 0.05) is 12.5 Å². The van der Waals surface area contributed by atoms with Crippen LogP contribution in [-0.4, -0.2) is 13.1 Å². The van der Waals surface area contributed by atoms with Gasteiger partial charge in [0.25, 0.3) is 0 Å². The van der Waals surface area contributed by atoms with Crippen LogP contribution in [0, 0.1) is 0 Å². The molecule has 21 heavy (non-hydrogen) atoms. The summed E-state index contributed by atoms with van der Waals surface area (Å²) in [7, 11) is 0. The molecular weight excluding hydrogens is 254 g/mol. The van der Waals surface area contributed by atoms with Crippen LogP contribution in [0.5, 0.6) is 0 Å². The topological polar surface area (TPSA) is 12.0 Å². The lowest BCUT2D eigenvalue weighted by Gasteiger charge is -2.18. The minimum Gasteiger partial charge on any atom is -0.316 e. The lowest BCUT2D eigenvalue weighted by atomic mass is 9.91. The zero-order valence-corrected chi connectivity index (χ0v) is 13.5. The van der Waals surface area contributed by atoms with Crippen LogP contribution < -0.4 is 5.32 Å². The Kier molecular flexibility index (Phi) is 6.01. The first-order valence-electron chi connectivity index (χ1n) is 8.05. The molecule has 0 aliphatic heterocycles. The molecule has 1 nitrogen and oxygen atoms in total. The summed E-state index contributed by atoms with van der Waals surface area (Å²) >= 11 is 0. The summed E-state index contributed by atoms with van der Waals surface area (Å²) in [6, 6.07) is 20.0. The van der Waals surface area contributed by atoms with Crippen LogP contribution in [0.4, 0.5) is 0 Å². The van der Waals surface area contributed by atoms with Crippen molar-refractivity contribution in [2.75, 3.05) is 13.1 Å². The molecule has 0 bridgehead atoms. The third-order valence-electron chi connectivity index (χ3n) is 4.04. The van der Waals surface area contributed by atoms with Crippen molar-refractivity contribution in [2.24, 2.45) is 0 Å². The highest BCUT2D eigenvalue weighted by Gasteiger charge is 2.12. The van der Waals surface area contributed by atoms with E-state index in [1.807, 2.05) is 0 Å². The van der Waals surface area contributed by atoms with Crippen LogP contribution >= 0.6 is 0 Å². The van der Waals surface area contributed by atoms with Gasteiger partial charge in [-0.25, -0.2) is 0 Å². The van der Waals surface area contributed by atoms with E-state index in [2.05, 4.69) is 80.7 Å². The Hall–Kier alpha value is -1.60. The predicted octanol–water partition coefficient (Wildman–Crippen LogP) is 4.75. The Balaban J connectivity index is 2.11. The van der Waals surface area contributed by atoms with Crippen molar-refractivity contribution in [2.45, 2.75) is 39.0 Å². The Morgan fingerprint density at radius 1 is 0.857 bits per heavy atom. The molecule has 1 atom stereocenters. The molecule has 1 heteroatoms. The molecule has 1 unspecified atom stereocenters. The van der Waals surface area contributed by atoms with Crippen molar-refractivity contribution in [3.05, 3.63) is 71.3 Å². The Labute approximate surface area is 129 Å². The molecule has 0 radical (unpaired) electrons. The monoisotopic (exact) mass is 281 g/mol. The summed E-state index contributed by atoms with van der Waals surface area (Å²) in [5.74, 6) is 1.14. The quantitative estimate of drug-likeness (QED) is 0.772. The number of hydrogen-bond donors (Lipinski definition) is 1. The number of rotatable bonds is 7. The molecule has 0 aliphatic rings. The van der Waals surface area contributed by atoms with Crippen molar-refractivity contribution in [1.29, 1.82) is 0 Å². The molecule has 112 valence electrons. The van der Waals surface area contributed by atoms with Crippen molar-refractivity contribution < 1.29 is 0 Å². The van der Waals surface area contributed by atoms with Gasteiger partial charge in [-0.1, -0.05) is 75.4 Å². The molecule has 0 saturated heterocycles. The standard InChI is InChI=1S/C20H27N/c1-4-21-15-20(19-8-6-5-7-9-19)14-17-10-12-18(13-11-17)16(2)3/h5-13,16,20-21H,4,14-15H2,1-3H3. The third-order valence-corrected chi connectivity index (χ3v) is 4.04. The van der Waals surface area contributed by atoms with Crippen molar-refractivity contribution >= 4 is 0 Å². The van der Waals surface area contributed by atoms with Gasteiger partial charge in [-0.15, -0.1) is 0 Å². The molecule has 1 N–H and O–H groups in total. The summed E-state index contributed by atoms with van der Waals surface area (Å²) in [5, 5.41) is 3.50. The van der Waals surface area contributed by atoms with Crippen molar-refractivity contribution in [3.8, 4) is 0 Å². The molecule has 0 fully saturated rings. The van der Waals surface area contributed by atoms with Crippen LogP contribution in [0.15, 0.2) is 54.6 Å². The fourth-order valence-electron chi connectivity index (χ4n) is 2.67. The molecule has 2 rings (SSSR count). The molecule has 0 saturated carbocycles. The SMILES string of the molecule is CCNCC(Cc1ccc(C(C)C)cc1)c1ccccc1. The second kappa shape index (κ2) is 7.99. The van der Waals surface area contributed by atoms with Gasteiger partial charge < -0.3 is 5.32 Å². The molecule has 0 aromatic heterocycles. The minimum absolute atomic E-state index is 0.538. The first kappa shape index (κ1) is 15.8. The van der Waals surface area contributed by atoms with Gasteiger partial charge in [-0.3, -0.25) is 0 Å². The largest absolute Gasteiger partial charge is 0.316 e. The first-order chi connectivity index (χ1) is 10.2. The number of nitrogens with one attached hydrogen (secondary N) is 1. The van der Waals surface area contributed by atoms with E-state index >= 15 is 0 Å². The average Bonchev–Trinajstić information content (AvgIpc) is 2.52.